The maximum absolute atomic E-state index is 12.0. The van der Waals surface area contributed by atoms with Gasteiger partial charge in [-0.3, -0.25) is 4.79 Å². The molecule has 0 spiro atoms. The molecule has 7 heteroatoms. The number of rotatable bonds is 6. The Morgan fingerprint density at radius 2 is 2.09 bits per heavy atom. The number of benzene rings is 1. The zero-order valence-corrected chi connectivity index (χ0v) is 13.0. The average molecular weight is 328 g/mol. The third-order valence-corrected chi connectivity index (χ3v) is 3.64. The highest BCUT2D eigenvalue weighted by atomic mass is 35.5. The summed E-state index contributed by atoms with van der Waals surface area (Å²) in [5.74, 6) is -0.147. The average Bonchev–Trinajstić information content (AvgIpc) is 2.98. The second kappa shape index (κ2) is 7.47. The van der Waals surface area contributed by atoms with Crippen molar-refractivity contribution in [1.29, 1.82) is 0 Å². The van der Waals surface area contributed by atoms with Crippen molar-refractivity contribution in [3.05, 3.63) is 29.3 Å². The van der Waals surface area contributed by atoms with Gasteiger partial charge in [-0.1, -0.05) is 11.6 Å². The van der Waals surface area contributed by atoms with Crippen molar-refractivity contribution >= 4 is 23.5 Å². The van der Waals surface area contributed by atoms with E-state index in [0.29, 0.717) is 23.8 Å². The lowest BCUT2D eigenvalue weighted by molar-refractivity contribution is -0.151. The molecule has 1 aromatic rings. The summed E-state index contributed by atoms with van der Waals surface area (Å²) in [6, 6.07) is 6.86. The molecular formula is C15H18ClNO5. The fourth-order valence-corrected chi connectivity index (χ4v) is 2.32. The van der Waals surface area contributed by atoms with Gasteiger partial charge in [0.05, 0.1) is 26.7 Å². The standard InChI is InChI=1S/C15H18ClNO5/c1-20-14(19)15(7-9-21-10-15)17-13(18)6-8-22-12-4-2-11(16)3-5-12/h2-5H,6-10H2,1H3,(H,17,18). The van der Waals surface area contributed by atoms with Crippen molar-refractivity contribution in [1.82, 2.24) is 5.32 Å². The summed E-state index contributed by atoms with van der Waals surface area (Å²) in [7, 11) is 1.29. The predicted molar refractivity (Wildman–Crippen MR) is 79.9 cm³/mol. The SMILES string of the molecule is COC(=O)C1(NC(=O)CCOc2ccc(Cl)cc2)CCOC1. The number of nitrogens with one attached hydrogen (secondary N) is 1. The Morgan fingerprint density at radius 1 is 1.36 bits per heavy atom. The van der Waals surface area contributed by atoms with Gasteiger partial charge >= 0.3 is 5.97 Å². The molecule has 1 saturated heterocycles. The number of ether oxygens (including phenoxy) is 3. The molecule has 0 saturated carbocycles. The summed E-state index contributed by atoms with van der Waals surface area (Å²) in [6.45, 7) is 0.742. The topological polar surface area (TPSA) is 73.9 Å². The van der Waals surface area contributed by atoms with Crippen LogP contribution in [0.5, 0.6) is 5.75 Å². The van der Waals surface area contributed by atoms with Gasteiger partial charge in [-0.15, -0.1) is 0 Å². The molecule has 1 heterocycles. The van der Waals surface area contributed by atoms with Gasteiger partial charge < -0.3 is 19.5 Å². The predicted octanol–water partition coefficient (Wildman–Crippen LogP) is 1.56. The number of methoxy groups -OCH3 is 1. The van der Waals surface area contributed by atoms with Crippen molar-refractivity contribution in [3.8, 4) is 5.75 Å². The molecule has 1 fully saturated rings. The molecule has 22 heavy (non-hydrogen) atoms. The first-order chi connectivity index (χ1) is 10.6. The van der Waals surface area contributed by atoms with E-state index in [1.807, 2.05) is 0 Å². The van der Waals surface area contributed by atoms with Crippen LogP contribution < -0.4 is 10.1 Å². The van der Waals surface area contributed by atoms with Crippen LogP contribution in [-0.2, 0) is 19.1 Å². The Kier molecular flexibility index (Phi) is 5.63. The van der Waals surface area contributed by atoms with Crippen LogP contribution in [-0.4, -0.2) is 44.3 Å². The van der Waals surface area contributed by atoms with Crippen molar-refractivity contribution in [2.45, 2.75) is 18.4 Å². The fraction of sp³-hybridized carbons (Fsp3) is 0.467. The third kappa shape index (κ3) is 4.11. The monoisotopic (exact) mass is 327 g/mol. The third-order valence-electron chi connectivity index (χ3n) is 3.39. The lowest BCUT2D eigenvalue weighted by Crippen LogP contribution is -2.55. The molecule has 120 valence electrons. The fourth-order valence-electron chi connectivity index (χ4n) is 2.19. The molecule has 0 bridgehead atoms. The minimum atomic E-state index is -1.08. The van der Waals surface area contributed by atoms with Crippen molar-refractivity contribution in [2.24, 2.45) is 0 Å². The molecule has 1 unspecified atom stereocenters. The van der Waals surface area contributed by atoms with E-state index in [9.17, 15) is 9.59 Å². The highest BCUT2D eigenvalue weighted by Crippen LogP contribution is 2.20. The van der Waals surface area contributed by atoms with Gasteiger partial charge in [-0.05, 0) is 24.3 Å². The van der Waals surface area contributed by atoms with Crippen molar-refractivity contribution in [3.63, 3.8) is 0 Å². The molecule has 2 rings (SSSR count). The molecule has 1 aliphatic heterocycles. The van der Waals surface area contributed by atoms with Gasteiger partial charge in [0.2, 0.25) is 5.91 Å². The van der Waals surface area contributed by atoms with Gasteiger partial charge in [-0.2, -0.15) is 0 Å². The Labute approximate surface area is 133 Å². The van der Waals surface area contributed by atoms with Crippen LogP contribution in [0, 0.1) is 0 Å². The lowest BCUT2D eigenvalue weighted by atomic mass is 9.98. The maximum atomic E-state index is 12.0. The highest BCUT2D eigenvalue weighted by Gasteiger charge is 2.44. The van der Waals surface area contributed by atoms with Crippen LogP contribution in [0.4, 0.5) is 0 Å². The minimum Gasteiger partial charge on any atom is -0.493 e. The Balaban J connectivity index is 1.81. The zero-order chi connectivity index (χ0) is 16.0. The summed E-state index contributed by atoms with van der Waals surface area (Å²) in [4.78, 5) is 23.8. The van der Waals surface area contributed by atoms with Crippen LogP contribution in [0.3, 0.4) is 0 Å². The summed E-state index contributed by atoms with van der Waals surface area (Å²) in [5.41, 5.74) is -1.08. The summed E-state index contributed by atoms with van der Waals surface area (Å²) in [6.07, 6.45) is 0.533. The highest BCUT2D eigenvalue weighted by molar-refractivity contribution is 6.30. The Bertz CT molecular complexity index is 525. The van der Waals surface area contributed by atoms with E-state index < -0.39 is 11.5 Å². The molecule has 1 aromatic carbocycles. The van der Waals surface area contributed by atoms with Crippen LogP contribution >= 0.6 is 11.6 Å². The number of hydrogen-bond acceptors (Lipinski definition) is 5. The number of amides is 1. The summed E-state index contributed by atoms with van der Waals surface area (Å²) >= 11 is 5.77. The van der Waals surface area contributed by atoms with Crippen molar-refractivity contribution in [2.75, 3.05) is 26.9 Å². The Morgan fingerprint density at radius 3 is 2.68 bits per heavy atom. The smallest absolute Gasteiger partial charge is 0.334 e. The van der Waals surface area contributed by atoms with Crippen LogP contribution in [0.2, 0.25) is 5.02 Å². The van der Waals surface area contributed by atoms with Gasteiger partial charge in [0.25, 0.3) is 0 Å². The second-order valence-corrected chi connectivity index (χ2v) is 5.41. The van der Waals surface area contributed by atoms with Gasteiger partial charge in [0.1, 0.15) is 5.75 Å². The molecule has 0 radical (unpaired) electrons. The Hall–Kier alpha value is -1.79. The number of hydrogen-bond donors (Lipinski definition) is 1. The molecule has 1 N–H and O–H groups in total. The van der Waals surface area contributed by atoms with Crippen LogP contribution in [0.15, 0.2) is 24.3 Å². The summed E-state index contributed by atoms with van der Waals surface area (Å²) < 4.78 is 15.4. The van der Waals surface area contributed by atoms with Gasteiger partial charge in [0, 0.05) is 18.1 Å². The largest absolute Gasteiger partial charge is 0.493 e. The van der Waals surface area contributed by atoms with E-state index >= 15 is 0 Å². The molecule has 1 aliphatic rings. The minimum absolute atomic E-state index is 0.126. The number of esters is 1. The van der Waals surface area contributed by atoms with Crippen molar-refractivity contribution < 1.29 is 23.8 Å². The first-order valence-electron chi connectivity index (χ1n) is 6.91. The maximum Gasteiger partial charge on any atom is 0.334 e. The van der Waals surface area contributed by atoms with Crippen LogP contribution in [0.25, 0.3) is 0 Å². The normalized spacial score (nSPS) is 20.5. The zero-order valence-electron chi connectivity index (χ0n) is 12.3. The first-order valence-corrected chi connectivity index (χ1v) is 7.29. The molecule has 6 nitrogen and oxygen atoms in total. The van der Waals surface area contributed by atoms with Gasteiger partial charge in [0.15, 0.2) is 5.54 Å². The van der Waals surface area contributed by atoms with E-state index in [0.717, 1.165) is 0 Å². The lowest BCUT2D eigenvalue weighted by Gasteiger charge is -2.25. The molecule has 0 aromatic heterocycles. The second-order valence-electron chi connectivity index (χ2n) is 4.98. The molecule has 0 aliphatic carbocycles. The quantitative estimate of drug-likeness (QED) is 0.803. The van der Waals surface area contributed by atoms with Gasteiger partial charge in [-0.25, -0.2) is 4.79 Å². The van der Waals surface area contributed by atoms with E-state index in [1.165, 1.54) is 7.11 Å². The number of carbonyl (C=O) groups is 2. The molecular weight excluding hydrogens is 310 g/mol. The first kappa shape index (κ1) is 16.6. The summed E-state index contributed by atoms with van der Waals surface area (Å²) in [5, 5.41) is 3.32. The number of halogens is 1. The van der Waals surface area contributed by atoms with E-state index in [4.69, 9.17) is 25.8 Å². The van der Waals surface area contributed by atoms with E-state index in [1.54, 1.807) is 24.3 Å². The van der Waals surface area contributed by atoms with E-state index in [2.05, 4.69) is 5.32 Å². The number of carbonyl (C=O) groups excluding carboxylic acids is 2. The molecule has 1 atom stereocenters. The molecule has 1 amide bonds. The van der Waals surface area contributed by atoms with Crippen LogP contribution in [0.1, 0.15) is 12.8 Å². The van der Waals surface area contributed by atoms with E-state index in [-0.39, 0.29) is 25.5 Å².